The van der Waals surface area contributed by atoms with Gasteiger partial charge in [-0.25, -0.2) is 0 Å². The van der Waals surface area contributed by atoms with Gasteiger partial charge >= 0.3 is 0 Å². The molecule has 2 N–H and O–H groups in total. The van der Waals surface area contributed by atoms with Crippen LogP contribution in [0.4, 0.5) is 0 Å². The number of likely N-dealkylation sites (N-methyl/N-ethyl adjacent to an activating group) is 1. The van der Waals surface area contributed by atoms with Crippen molar-refractivity contribution in [1.82, 2.24) is 25.3 Å². The van der Waals surface area contributed by atoms with Gasteiger partial charge in [-0.2, -0.15) is 0 Å². The minimum atomic E-state index is -0.722. The summed E-state index contributed by atoms with van der Waals surface area (Å²) in [5, 5.41) is 6.14. The summed E-state index contributed by atoms with van der Waals surface area (Å²) in [6.07, 6.45) is 6.12. The van der Waals surface area contributed by atoms with Gasteiger partial charge < -0.3 is 20.4 Å². The zero-order valence-electron chi connectivity index (χ0n) is 28.5. The SMILES string of the molecule is CC(=C[C@H](C(C)C)N(C)C(=O)[C@@H](NC(=O)[C@H]1CCCCN1C(C)C)C(C)(C)C)C(=O)N1CCC[C@H]1C(=O)NC(C)(C)C. The number of hydrogen-bond acceptors (Lipinski definition) is 5. The molecule has 0 saturated carbocycles. The summed E-state index contributed by atoms with van der Waals surface area (Å²) in [7, 11) is 1.75. The van der Waals surface area contributed by atoms with Crippen LogP contribution in [0.3, 0.4) is 0 Å². The number of likely N-dealkylation sites (tertiary alicyclic amines) is 2. The monoisotopic (exact) mass is 589 g/mol. The van der Waals surface area contributed by atoms with Crippen molar-refractivity contribution in [3.63, 3.8) is 0 Å². The Hall–Kier alpha value is -2.42. The van der Waals surface area contributed by atoms with Crippen LogP contribution in [-0.4, -0.2) is 94.2 Å². The lowest BCUT2D eigenvalue weighted by molar-refractivity contribution is -0.142. The van der Waals surface area contributed by atoms with Crippen molar-refractivity contribution in [3.05, 3.63) is 11.6 Å². The highest BCUT2D eigenvalue weighted by atomic mass is 16.2. The molecule has 2 fully saturated rings. The third-order valence-electron chi connectivity index (χ3n) is 8.46. The van der Waals surface area contributed by atoms with Crippen LogP contribution >= 0.6 is 0 Å². The van der Waals surface area contributed by atoms with Gasteiger partial charge in [0.15, 0.2) is 0 Å². The molecule has 9 heteroatoms. The van der Waals surface area contributed by atoms with Crippen molar-refractivity contribution in [1.29, 1.82) is 0 Å². The van der Waals surface area contributed by atoms with Crippen molar-refractivity contribution in [2.24, 2.45) is 11.3 Å². The first-order valence-electron chi connectivity index (χ1n) is 15.9. The Morgan fingerprint density at radius 1 is 0.857 bits per heavy atom. The van der Waals surface area contributed by atoms with Gasteiger partial charge in [-0.3, -0.25) is 24.1 Å². The summed E-state index contributed by atoms with van der Waals surface area (Å²) < 4.78 is 0. The first kappa shape index (κ1) is 35.8. The second-order valence-electron chi connectivity index (χ2n) is 15.1. The van der Waals surface area contributed by atoms with E-state index in [9.17, 15) is 19.2 Å². The quantitative estimate of drug-likeness (QED) is 0.394. The molecular formula is C33H59N5O4. The number of hydrogen-bond donors (Lipinski definition) is 2. The van der Waals surface area contributed by atoms with E-state index in [1.54, 1.807) is 23.8 Å². The van der Waals surface area contributed by atoms with Crippen molar-refractivity contribution in [2.45, 2.75) is 144 Å². The van der Waals surface area contributed by atoms with Crippen LogP contribution < -0.4 is 10.6 Å². The minimum Gasteiger partial charge on any atom is -0.350 e. The van der Waals surface area contributed by atoms with Crippen LogP contribution in [0, 0.1) is 11.3 Å². The Labute approximate surface area is 255 Å². The van der Waals surface area contributed by atoms with Crippen LogP contribution in [0.25, 0.3) is 0 Å². The van der Waals surface area contributed by atoms with Gasteiger partial charge in [0.2, 0.25) is 23.6 Å². The average Bonchev–Trinajstić information content (AvgIpc) is 3.37. The Morgan fingerprint density at radius 3 is 1.98 bits per heavy atom. The number of piperidine rings is 1. The average molecular weight is 590 g/mol. The Kier molecular flexibility index (Phi) is 12.2. The highest BCUT2D eigenvalue weighted by molar-refractivity contribution is 5.97. The largest absolute Gasteiger partial charge is 0.350 e. The molecule has 4 atom stereocenters. The van der Waals surface area contributed by atoms with Crippen molar-refractivity contribution >= 4 is 23.6 Å². The number of rotatable bonds is 9. The lowest BCUT2D eigenvalue weighted by atomic mass is 9.84. The predicted molar refractivity (Wildman–Crippen MR) is 169 cm³/mol. The lowest BCUT2D eigenvalue weighted by Crippen LogP contribution is -2.60. The van der Waals surface area contributed by atoms with Crippen LogP contribution in [0.5, 0.6) is 0 Å². The summed E-state index contributed by atoms with van der Waals surface area (Å²) in [6, 6.07) is -1.58. The fourth-order valence-corrected chi connectivity index (χ4v) is 6.13. The summed E-state index contributed by atoms with van der Waals surface area (Å²) in [4.78, 5) is 59.7. The molecule has 0 aliphatic carbocycles. The molecule has 4 amide bonds. The number of nitrogens with one attached hydrogen (secondary N) is 2. The van der Waals surface area contributed by atoms with E-state index in [0.29, 0.717) is 18.5 Å². The fraction of sp³-hybridized carbons (Fsp3) is 0.818. The molecule has 0 aromatic heterocycles. The molecule has 240 valence electrons. The Balaban J connectivity index is 2.27. The normalized spacial score (nSPS) is 22.2. The molecular weight excluding hydrogens is 530 g/mol. The van der Waals surface area contributed by atoms with Crippen LogP contribution in [0.2, 0.25) is 0 Å². The van der Waals surface area contributed by atoms with E-state index in [-0.39, 0.29) is 53.2 Å². The molecule has 2 rings (SSSR count). The van der Waals surface area contributed by atoms with Crippen molar-refractivity contribution in [3.8, 4) is 0 Å². The highest BCUT2D eigenvalue weighted by Gasteiger charge is 2.40. The topological polar surface area (TPSA) is 102 Å². The molecule has 42 heavy (non-hydrogen) atoms. The van der Waals surface area contributed by atoms with E-state index in [2.05, 4.69) is 29.4 Å². The molecule has 9 nitrogen and oxygen atoms in total. The smallest absolute Gasteiger partial charge is 0.249 e. The third-order valence-corrected chi connectivity index (χ3v) is 8.46. The van der Waals surface area contributed by atoms with E-state index in [4.69, 9.17) is 0 Å². The second kappa shape index (κ2) is 14.4. The zero-order chi connectivity index (χ0) is 32.2. The lowest BCUT2D eigenvalue weighted by Gasteiger charge is -2.41. The molecule has 2 aliphatic heterocycles. The molecule has 2 saturated heterocycles. The van der Waals surface area contributed by atoms with E-state index >= 15 is 0 Å². The molecule has 0 bridgehead atoms. The summed E-state index contributed by atoms with van der Waals surface area (Å²) in [6.45, 7) is 23.1. The first-order chi connectivity index (χ1) is 19.3. The van der Waals surface area contributed by atoms with Gasteiger partial charge in [0.1, 0.15) is 12.1 Å². The molecule has 0 radical (unpaired) electrons. The maximum atomic E-state index is 14.1. The standard InChI is InChI=1S/C33H59N5O4/c1-21(2)26(20-23(5)30(41)38-19-15-17-25(38)29(40)35-33(9,10)11)36(12)31(42)27(32(6,7)8)34-28(39)24-16-13-14-18-37(24)22(3)4/h20-22,24-27H,13-19H2,1-12H3,(H,34,39)(H,35,40)/t24-,25+,26-,27-/m1/s1. The minimum absolute atomic E-state index is 0.0198. The predicted octanol–water partition coefficient (Wildman–Crippen LogP) is 4.12. The molecule has 2 heterocycles. The molecule has 0 aromatic carbocycles. The molecule has 0 spiro atoms. The van der Waals surface area contributed by atoms with E-state index in [1.165, 1.54) is 0 Å². The van der Waals surface area contributed by atoms with Gasteiger partial charge in [0, 0.05) is 30.7 Å². The van der Waals surface area contributed by atoms with E-state index in [0.717, 1.165) is 32.2 Å². The van der Waals surface area contributed by atoms with Crippen LogP contribution in [0.15, 0.2) is 11.6 Å². The number of carbonyl (C=O) groups is 4. The maximum Gasteiger partial charge on any atom is 0.249 e. The second-order valence-corrected chi connectivity index (χ2v) is 15.1. The molecule has 0 aromatic rings. The van der Waals surface area contributed by atoms with Crippen LogP contribution in [-0.2, 0) is 19.2 Å². The highest BCUT2D eigenvalue weighted by Crippen LogP contribution is 2.27. The summed E-state index contributed by atoms with van der Waals surface area (Å²) >= 11 is 0. The Bertz CT molecular complexity index is 1010. The van der Waals surface area contributed by atoms with E-state index < -0.39 is 17.5 Å². The van der Waals surface area contributed by atoms with E-state index in [1.807, 2.05) is 61.5 Å². The third kappa shape index (κ3) is 9.29. The van der Waals surface area contributed by atoms with Crippen molar-refractivity contribution < 1.29 is 19.2 Å². The fourth-order valence-electron chi connectivity index (χ4n) is 6.13. The Morgan fingerprint density at radius 2 is 1.45 bits per heavy atom. The van der Waals surface area contributed by atoms with Gasteiger partial charge in [-0.15, -0.1) is 0 Å². The van der Waals surface area contributed by atoms with Crippen LogP contribution in [0.1, 0.15) is 108 Å². The van der Waals surface area contributed by atoms with Gasteiger partial charge in [0.25, 0.3) is 0 Å². The zero-order valence-corrected chi connectivity index (χ0v) is 28.5. The van der Waals surface area contributed by atoms with Gasteiger partial charge in [0.05, 0.1) is 12.1 Å². The van der Waals surface area contributed by atoms with Crippen molar-refractivity contribution in [2.75, 3.05) is 20.1 Å². The molecule has 2 aliphatic rings. The molecule has 0 unspecified atom stereocenters. The summed E-state index contributed by atoms with van der Waals surface area (Å²) in [5.41, 5.74) is -0.388. The maximum absolute atomic E-state index is 14.1. The summed E-state index contributed by atoms with van der Waals surface area (Å²) in [5.74, 6) is -0.568. The number of amides is 4. The van der Waals surface area contributed by atoms with Gasteiger partial charge in [-0.05, 0) is 85.1 Å². The number of nitrogens with zero attached hydrogens (tertiary/aromatic N) is 3. The van der Waals surface area contributed by atoms with Gasteiger partial charge in [-0.1, -0.05) is 47.1 Å². The first-order valence-corrected chi connectivity index (χ1v) is 15.9. The number of carbonyl (C=O) groups excluding carboxylic acids is 4.